The molecule has 0 aliphatic heterocycles. The molecule has 0 bridgehead atoms. The van der Waals surface area contributed by atoms with Crippen molar-refractivity contribution < 1.29 is 19.0 Å². The molecule has 0 aliphatic rings. The van der Waals surface area contributed by atoms with Crippen molar-refractivity contribution in [2.75, 3.05) is 0 Å². The highest BCUT2D eigenvalue weighted by Crippen LogP contribution is 2.35. The topological polar surface area (TPSA) is 57.7 Å². The summed E-state index contributed by atoms with van der Waals surface area (Å²) >= 11 is 0. The minimum Gasteiger partial charge on any atom is -0.489 e. The number of carbonyl (C=O) groups excluding carboxylic acids is 1. The molecule has 5 rings (SSSR count). The molecule has 0 unspecified atom stereocenters. The van der Waals surface area contributed by atoms with Gasteiger partial charge in [-0.15, -0.1) is 0 Å². The molecule has 1 aromatic heterocycles. The Kier molecular flexibility index (Phi) is 8.07. The van der Waals surface area contributed by atoms with Gasteiger partial charge in [0.25, 0.3) is 0 Å². The lowest BCUT2D eigenvalue weighted by atomic mass is 10.0. The van der Waals surface area contributed by atoms with Gasteiger partial charge in [0.05, 0.1) is 0 Å². The summed E-state index contributed by atoms with van der Waals surface area (Å²) in [5.41, 5.74) is 4.99. The van der Waals surface area contributed by atoms with Crippen LogP contribution in [0.3, 0.4) is 0 Å². The molecule has 0 radical (unpaired) electrons. The first-order valence-electron chi connectivity index (χ1n) is 12.4. The third-order valence-electron chi connectivity index (χ3n) is 5.97. The number of aromatic nitrogens is 1. The van der Waals surface area contributed by atoms with Gasteiger partial charge < -0.3 is 14.2 Å². The highest BCUT2D eigenvalue weighted by atomic mass is 16.5. The number of aldehydes is 1. The van der Waals surface area contributed by atoms with E-state index in [1.54, 1.807) is 12.1 Å². The SMILES string of the molecule is O=Cc1cc(OCc2ccccc2)ccc1-c1ccc(OCc2ccccc2)nc1OCc1ccccc1. The molecule has 0 fully saturated rings. The highest BCUT2D eigenvalue weighted by Gasteiger charge is 2.15. The highest BCUT2D eigenvalue weighted by molar-refractivity contribution is 5.89. The van der Waals surface area contributed by atoms with Gasteiger partial charge in [-0.3, -0.25) is 4.79 Å². The molecule has 4 aromatic carbocycles. The molecular formula is C33H27NO4. The Morgan fingerprint density at radius 3 is 1.66 bits per heavy atom. The van der Waals surface area contributed by atoms with Crippen LogP contribution >= 0.6 is 0 Å². The standard InChI is InChI=1S/C33H27NO4/c35-21-28-20-29(36-22-25-10-4-1-5-11-25)16-17-30(28)31-18-19-32(37-23-26-12-6-2-7-13-26)34-33(31)38-24-27-14-8-3-9-15-27/h1-21H,22-24H2. The maximum atomic E-state index is 12.1. The predicted octanol–water partition coefficient (Wildman–Crippen LogP) is 7.30. The summed E-state index contributed by atoms with van der Waals surface area (Å²) in [5, 5.41) is 0. The minimum absolute atomic E-state index is 0.331. The molecule has 5 heteroatoms. The summed E-state index contributed by atoms with van der Waals surface area (Å²) in [7, 11) is 0. The third-order valence-corrected chi connectivity index (χ3v) is 5.97. The average molecular weight is 502 g/mol. The van der Waals surface area contributed by atoms with Gasteiger partial charge in [0, 0.05) is 17.2 Å². The van der Waals surface area contributed by atoms with E-state index in [0.717, 1.165) is 23.0 Å². The van der Waals surface area contributed by atoms with Crippen LogP contribution in [0.25, 0.3) is 11.1 Å². The molecule has 5 nitrogen and oxygen atoms in total. The molecule has 188 valence electrons. The number of benzene rings is 4. The minimum atomic E-state index is 0.331. The second kappa shape index (κ2) is 12.4. The van der Waals surface area contributed by atoms with Crippen LogP contribution in [0.15, 0.2) is 121 Å². The van der Waals surface area contributed by atoms with E-state index < -0.39 is 0 Å². The van der Waals surface area contributed by atoms with E-state index in [0.29, 0.717) is 54.0 Å². The lowest BCUT2D eigenvalue weighted by Gasteiger charge is -2.15. The van der Waals surface area contributed by atoms with Crippen molar-refractivity contribution >= 4 is 6.29 Å². The molecule has 0 aliphatic carbocycles. The quantitative estimate of drug-likeness (QED) is 0.178. The van der Waals surface area contributed by atoms with Crippen molar-refractivity contribution in [3.8, 4) is 28.6 Å². The van der Waals surface area contributed by atoms with Crippen LogP contribution < -0.4 is 14.2 Å². The summed E-state index contributed by atoms with van der Waals surface area (Å²) in [6, 6.07) is 38.8. The molecule has 0 spiro atoms. The zero-order valence-electron chi connectivity index (χ0n) is 20.8. The summed E-state index contributed by atoms with van der Waals surface area (Å²) in [5.74, 6) is 1.44. The van der Waals surface area contributed by atoms with Gasteiger partial charge >= 0.3 is 0 Å². The molecule has 0 atom stereocenters. The summed E-state index contributed by atoms with van der Waals surface area (Å²) in [6.45, 7) is 1.13. The third kappa shape index (κ3) is 6.45. The lowest BCUT2D eigenvalue weighted by Crippen LogP contribution is -2.03. The number of hydrogen-bond donors (Lipinski definition) is 0. The van der Waals surface area contributed by atoms with Gasteiger partial charge in [0.1, 0.15) is 25.6 Å². The predicted molar refractivity (Wildman–Crippen MR) is 147 cm³/mol. The first kappa shape index (κ1) is 24.8. The lowest BCUT2D eigenvalue weighted by molar-refractivity contribution is 0.112. The van der Waals surface area contributed by atoms with Crippen molar-refractivity contribution in [3.63, 3.8) is 0 Å². The van der Waals surface area contributed by atoms with Crippen LogP contribution in [0.5, 0.6) is 17.5 Å². The summed E-state index contributed by atoms with van der Waals surface area (Å²) in [4.78, 5) is 16.8. The van der Waals surface area contributed by atoms with E-state index in [-0.39, 0.29) is 0 Å². The van der Waals surface area contributed by atoms with Crippen molar-refractivity contribution in [1.29, 1.82) is 0 Å². The monoisotopic (exact) mass is 501 g/mol. The van der Waals surface area contributed by atoms with Crippen molar-refractivity contribution in [2.24, 2.45) is 0 Å². The van der Waals surface area contributed by atoms with Gasteiger partial charge in [-0.25, -0.2) is 0 Å². The Morgan fingerprint density at radius 2 is 1.08 bits per heavy atom. The number of carbonyl (C=O) groups is 1. The van der Waals surface area contributed by atoms with Crippen LogP contribution in [0, 0.1) is 0 Å². The maximum absolute atomic E-state index is 12.1. The first-order valence-corrected chi connectivity index (χ1v) is 12.4. The second-order valence-corrected chi connectivity index (χ2v) is 8.69. The summed E-state index contributed by atoms with van der Waals surface area (Å²) in [6.07, 6.45) is 0.825. The van der Waals surface area contributed by atoms with Gasteiger partial charge in [-0.1, -0.05) is 91.0 Å². The molecule has 0 amide bonds. The van der Waals surface area contributed by atoms with Crippen LogP contribution in [0.4, 0.5) is 0 Å². The van der Waals surface area contributed by atoms with Gasteiger partial charge in [0.15, 0.2) is 6.29 Å². The number of nitrogens with zero attached hydrogens (tertiary/aromatic N) is 1. The van der Waals surface area contributed by atoms with Crippen molar-refractivity contribution in [2.45, 2.75) is 19.8 Å². The van der Waals surface area contributed by atoms with E-state index in [1.807, 2.05) is 109 Å². The molecule has 0 N–H and O–H groups in total. The summed E-state index contributed by atoms with van der Waals surface area (Å²) < 4.78 is 18.0. The van der Waals surface area contributed by atoms with Gasteiger partial charge in [-0.2, -0.15) is 4.98 Å². The fraction of sp³-hybridized carbons (Fsp3) is 0.0909. The number of pyridine rings is 1. The molecule has 1 heterocycles. The van der Waals surface area contributed by atoms with E-state index in [4.69, 9.17) is 14.2 Å². The Bertz CT molecular complexity index is 1470. The maximum Gasteiger partial charge on any atom is 0.225 e. The fourth-order valence-electron chi connectivity index (χ4n) is 3.99. The van der Waals surface area contributed by atoms with E-state index in [2.05, 4.69) is 4.98 Å². The van der Waals surface area contributed by atoms with Crippen LogP contribution in [-0.2, 0) is 19.8 Å². The Morgan fingerprint density at radius 1 is 0.553 bits per heavy atom. The normalized spacial score (nSPS) is 10.5. The first-order chi connectivity index (χ1) is 18.8. The molecule has 38 heavy (non-hydrogen) atoms. The molecule has 0 saturated heterocycles. The fourth-order valence-corrected chi connectivity index (χ4v) is 3.99. The number of ether oxygens (including phenoxy) is 3. The Balaban J connectivity index is 1.41. The number of rotatable bonds is 11. The van der Waals surface area contributed by atoms with Crippen LogP contribution in [0.1, 0.15) is 27.0 Å². The molecular weight excluding hydrogens is 474 g/mol. The second-order valence-electron chi connectivity index (χ2n) is 8.69. The van der Waals surface area contributed by atoms with Crippen molar-refractivity contribution in [3.05, 3.63) is 144 Å². The number of hydrogen-bond acceptors (Lipinski definition) is 5. The van der Waals surface area contributed by atoms with E-state index in [9.17, 15) is 4.79 Å². The zero-order valence-corrected chi connectivity index (χ0v) is 20.8. The zero-order chi connectivity index (χ0) is 26.0. The Hall–Kier alpha value is -4.90. The Labute approximate surface area is 222 Å². The van der Waals surface area contributed by atoms with Crippen molar-refractivity contribution in [1.82, 2.24) is 4.98 Å². The van der Waals surface area contributed by atoms with Gasteiger partial charge in [0.2, 0.25) is 11.8 Å². The average Bonchev–Trinajstić information content (AvgIpc) is 2.99. The van der Waals surface area contributed by atoms with E-state index >= 15 is 0 Å². The van der Waals surface area contributed by atoms with Crippen LogP contribution in [-0.4, -0.2) is 11.3 Å². The molecule has 0 saturated carbocycles. The molecule has 5 aromatic rings. The van der Waals surface area contributed by atoms with Crippen LogP contribution in [0.2, 0.25) is 0 Å². The van der Waals surface area contributed by atoms with E-state index in [1.165, 1.54) is 0 Å². The van der Waals surface area contributed by atoms with Gasteiger partial charge in [-0.05, 0) is 46.5 Å². The largest absolute Gasteiger partial charge is 0.489 e. The smallest absolute Gasteiger partial charge is 0.225 e.